The number of methoxy groups -OCH3 is 1. The summed E-state index contributed by atoms with van der Waals surface area (Å²) in [6, 6.07) is 6.92. The monoisotopic (exact) mass is 247 g/mol. The summed E-state index contributed by atoms with van der Waals surface area (Å²) >= 11 is 0. The number of hydrogen-bond donors (Lipinski definition) is 1. The molecule has 2 nitrogen and oxygen atoms in total. The fourth-order valence-electron chi connectivity index (χ4n) is 2.72. The molecule has 0 bridgehead atoms. The molecule has 0 atom stereocenters. The van der Waals surface area contributed by atoms with E-state index in [4.69, 9.17) is 4.74 Å². The highest BCUT2D eigenvalue weighted by atomic mass is 16.5. The second-order valence-electron chi connectivity index (χ2n) is 5.84. The molecule has 2 heteroatoms. The third kappa shape index (κ3) is 3.82. The topological polar surface area (TPSA) is 21.3 Å². The lowest BCUT2D eigenvalue weighted by Crippen LogP contribution is -2.28. The normalized spacial score (nSPS) is 16.8. The summed E-state index contributed by atoms with van der Waals surface area (Å²) in [5.41, 5.74) is 4.79. The van der Waals surface area contributed by atoms with Crippen molar-refractivity contribution in [3.63, 3.8) is 0 Å². The van der Waals surface area contributed by atoms with E-state index >= 15 is 0 Å². The van der Waals surface area contributed by atoms with Crippen molar-refractivity contribution in [2.24, 2.45) is 5.41 Å². The molecule has 1 aromatic carbocycles. The van der Waals surface area contributed by atoms with Crippen molar-refractivity contribution in [1.29, 1.82) is 0 Å². The molecule has 1 N–H and O–H groups in total. The minimum atomic E-state index is 0.522. The Morgan fingerprint density at radius 1 is 1.17 bits per heavy atom. The molecular weight excluding hydrogens is 222 g/mol. The van der Waals surface area contributed by atoms with Crippen LogP contribution < -0.4 is 5.32 Å². The van der Waals surface area contributed by atoms with Crippen molar-refractivity contribution in [2.75, 3.05) is 26.8 Å². The maximum atomic E-state index is 5.06. The van der Waals surface area contributed by atoms with E-state index in [1.165, 1.54) is 36.0 Å². The number of rotatable bonds is 7. The van der Waals surface area contributed by atoms with Crippen LogP contribution in [0.4, 0.5) is 0 Å². The van der Waals surface area contributed by atoms with E-state index in [-0.39, 0.29) is 0 Å². The largest absolute Gasteiger partial charge is 0.383 e. The zero-order chi connectivity index (χ0) is 13.0. The fourth-order valence-corrected chi connectivity index (χ4v) is 2.72. The number of nitrogens with one attached hydrogen (secondary N) is 1. The van der Waals surface area contributed by atoms with E-state index in [0.717, 1.165) is 19.7 Å². The molecule has 0 radical (unpaired) electrons. The van der Waals surface area contributed by atoms with Crippen LogP contribution in [0.1, 0.15) is 29.5 Å². The van der Waals surface area contributed by atoms with Crippen molar-refractivity contribution in [3.8, 4) is 0 Å². The number of aryl methyl sites for hydroxylation is 2. The fraction of sp³-hybridized carbons (Fsp3) is 0.625. The summed E-state index contributed by atoms with van der Waals surface area (Å²) in [6.45, 7) is 7.27. The van der Waals surface area contributed by atoms with Crippen LogP contribution in [0.3, 0.4) is 0 Å². The maximum Gasteiger partial charge on any atom is 0.0587 e. The first-order chi connectivity index (χ1) is 8.63. The van der Waals surface area contributed by atoms with Gasteiger partial charge in [-0.05, 0) is 44.1 Å². The molecule has 100 valence electrons. The highest BCUT2D eigenvalue weighted by Gasteiger charge is 2.41. The van der Waals surface area contributed by atoms with E-state index in [1.807, 2.05) is 0 Å². The zero-order valence-electron chi connectivity index (χ0n) is 11.9. The van der Waals surface area contributed by atoms with Gasteiger partial charge in [0.15, 0.2) is 0 Å². The Bertz CT molecular complexity index is 376. The molecule has 2 rings (SSSR count). The highest BCUT2D eigenvalue weighted by Crippen LogP contribution is 2.47. The lowest BCUT2D eigenvalue weighted by molar-refractivity contribution is 0.197. The Hall–Kier alpha value is -0.860. The van der Waals surface area contributed by atoms with Gasteiger partial charge in [0.05, 0.1) is 6.61 Å². The standard InChI is InChI=1S/C16H25NO/c1-13-8-14(2)10-15(9-13)11-16(4-5-16)12-17-6-7-18-3/h8-10,17H,4-7,11-12H2,1-3H3. The Kier molecular flexibility index (Phi) is 4.41. The molecule has 1 aromatic rings. The van der Waals surface area contributed by atoms with E-state index in [9.17, 15) is 0 Å². The second kappa shape index (κ2) is 5.85. The van der Waals surface area contributed by atoms with Gasteiger partial charge in [-0.2, -0.15) is 0 Å². The van der Waals surface area contributed by atoms with Gasteiger partial charge in [0.2, 0.25) is 0 Å². The summed E-state index contributed by atoms with van der Waals surface area (Å²) in [6.07, 6.45) is 3.94. The van der Waals surface area contributed by atoms with E-state index in [2.05, 4.69) is 37.4 Å². The average molecular weight is 247 g/mol. The van der Waals surface area contributed by atoms with Crippen molar-refractivity contribution in [3.05, 3.63) is 34.9 Å². The van der Waals surface area contributed by atoms with Gasteiger partial charge in [0.25, 0.3) is 0 Å². The summed E-state index contributed by atoms with van der Waals surface area (Å²) < 4.78 is 5.06. The molecule has 1 fully saturated rings. The number of hydrogen-bond acceptors (Lipinski definition) is 2. The first kappa shape index (κ1) is 13.6. The molecule has 1 saturated carbocycles. The summed E-state index contributed by atoms with van der Waals surface area (Å²) in [4.78, 5) is 0. The lowest BCUT2D eigenvalue weighted by Gasteiger charge is -2.17. The molecule has 0 aromatic heterocycles. The van der Waals surface area contributed by atoms with Gasteiger partial charge in [0.1, 0.15) is 0 Å². The van der Waals surface area contributed by atoms with Gasteiger partial charge >= 0.3 is 0 Å². The molecule has 1 aliphatic rings. The molecule has 0 heterocycles. The molecular formula is C16H25NO. The molecule has 18 heavy (non-hydrogen) atoms. The van der Waals surface area contributed by atoms with Gasteiger partial charge in [-0.3, -0.25) is 0 Å². The van der Waals surface area contributed by atoms with Crippen molar-refractivity contribution >= 4 is 0 Å². The third-order valence-electron chi connectivity index (χ3n) is 3.80. The van der Waals surface area contributed by atoms with Crippen molar-refractivity contribution in [1.82, 2.24) is 5.32 Å². The van der Waals surface area contributed by atoms with Gasteiger partial charge in [0, 0.05) is 20.2 Å². The Morgan fingerprint density at radius 3 is 2.39 bits per heavy atom. The van der Waals surface area contributed by atoms with Crippen LogP contribution in [-0.4, -0.2) is 26.8 Å². The van der Waals surface area contributed by atoms with Crippen molar-refractivity contribution in [2.45, 2.75) is 33.1 Å². The minimum Gasteiger partial charge on any atom is -0.383 e. The Labute approximate surface area is 111 Å². The second-order valence-corrected chi connectivity index (χ2v) is 5.84. The van der Waals surface area contributed by atoms with Crippen LogP contribution in [0, 0.1) is 19.3 Å². The molecule has 0 aliphatic heterocycles. The Balaban J connectivity index is 1.88. The van der Waals surface area contributed by atoms with Crippen LogP contribution in [0.2, 0.25) is 0 Å². The summed E-state index contributed by atoms with van der Waals surface area (Å²) in [7, 11) is 1.75. The quantitative estimate of drug-likeness (QED) is 0.748. The highest BCUT2D eigenvalue weighted by molar-refractivity contribution is 5.30. The van der Waals surface area contributed by atoms with Crippen LogP contribution in [0.5, 0.6) is 0 Å². The number of benzene rings is 1. The van der Waals surface area contributed by atoms with Crippen LogP contribution in [0.15, 0.2) is 18.2 Å². The van der Waals surface area contributed by atoms with E-state index in [0.29, 0.717) is 5.41 Å². The smallest absolute Gasteiger partial charge is 0.0587 e. The minimum absolute atomic E-state index is 0.522. The van der Waals surface area contributed by atoms with Crippen LogP contribution in [-0.2, 0) is 11.2 Å². The lowest BCUT2D eigenvalue weighted by atomic mass is 9.94. The van der Waals surface area contributed by atoms with Gasteiger partial charge < -0.3 is 10.1 Å². The molecule has 0 spiro atoms. The molecule has 1 aliphatic carbocycles. The zero-order valence-corrected chi connectivity index (χ0v) is 11.9. The Morgan fingerprint density at radius 2 is 1.83 bits per heavy atom. The van der Waals surface area contributed by atoms with Gasteiger partial charge in [-0.25, -0.2) is 0 Å². The predicted molar refractivity (Wildman–Crippen MR) is 76.0 cm³/mol. The van der Waals surface area contributed by atoms with Gasteiger partial charge in [-0.15, -0.1) is 0 Å². The third-order valence-corrected chi connectivity index (χ3v) is 3.80. The summed E-state index contributed by atoms with van der Waals surface area (Å²) in [5.74, 6) is 0. The van der Waals surface area contributed by atoms with E-state index < -0.39 is 0 Å². The van der Waals surface area contributed by atoms with E-state index in [1.54, 1.807) is 7.11 Å². The first-order valence-corrected chi connectivity index (χ1v) is 6.90. The predicted octanol–water partition coefficient (Wildman–Crippen LogP) is 2.86. The SMILES string of the molecule is COCCNCC1(Cc2cc(C)cc(C)c2)CC1. The van der Waals surface area contributed by atoms with Crippen LogP contribution in [0.25, 0.3) is 0 Å². The van der Waals surface area contributed by atoms with Crippen LogP contribution >= 0.6 is 0 Å². The summed E-state index contributed by atoms with van der Waals surface area (Å²) in [5, 5.41) is 3.51. The number of ether oxygens (including phenoxy) is 1. The molecule has 0 saturated heterocycles. The molecule has 0 unspecified atom stereocenters. The average Bonchev–Trinajstić information content (AvgIpc) is 3.03. The van der Waals surface area contributed by atoms with Crippen molar-refractivity contribution < 1.29 is 4.74 Å². The van der Waals surface area contributed by atoms with Gasteiger partial charge in [-0.1, -0.05) is 29.3 Å². The molecule has 0 amide bonds. The maximum absolute atomic E-state index is 5.06. The first-order valence-electron chi connectivity index (χ1n) is 6.90.